The van der Waals surface area contributed by atoms with Gasteiger partial charge in [-0.2, -0.15) is 0 Å². The SMILES string of the molecule is CC(C)(C)OC(=O)NC1C(=O)N2C(C(=O)OC(c3ccccc3)c3ccccc3)=C(C=CSc3ncccn3)CS[C@H]12. The highest BCUT2D eigenvalue weighted by Crippen LogP contribution is 2.42. The lowest BCUT2D eigenvalue weighted by Crippen LogP contribution is -2.70. The second-order valence-corrected chi connectivity index (χ2v) is 12.4. The smallest absolute Gasteiger partial charge is 0.408 e. The van der Waals surface area contributed by atoms with Crippen LogP contribution in [0, 0.1) is 0 Å². The summed E-state index contributed by atoms with van der Waals surface area (Å²) in [5, 5.41) is 4.52. The molecule has 2 aliphatic rings. The van der Waals surface area contributed by atoms with Gasteiger partial charge in [-0.3, -0.25) is 9.69 Å². The number of nitrogens with zero attached hydrogens (tertiary/aromatic N) is 3. The second-order valence-electron chi connectivity index (χ2n) is 10.5. The molecule has 0 aliphatic carbocycles. The second kappa shape index (κ2) is 12.8. The first kappa shape index (κ1) is 29.4. The first-order valence-corrected chi connectivity index (χ1v) is 15.2. The van der Waals surface area contributed by atoms with Gasteiger partial charge in [-0.15, -0.1) is 11.8 Å². The number of amides is 2. The van der Waals surface area contributed by atoms with Gasteiger partial charge >= 0.3 is 12.1 Å². The summed E-state index contributed by atoms with van der Waals surface area (Å²) in [6.45, 7) is 5.25. The van der Waals surface area contributed by atoms with E-state index >= 15 is 0 Å². The summed E-state index contributed by atoms with van der Waals surface area (Å²) in [6, 6.07) is 19.8. The fourth-order valence-corrected chi connectivity index (χ4v) is 6.38. The van der Waals surface area contributed by atoms with Crippen LogP contribution in [0.1, 0.15) is 38.0 Å². The molecule has 5 rings (SSSR count). The number of nitrogens with one attached hydrogen (secondary N) is 1. The predicted octanol–water partition coefficient (Wildman–Crippen LogP) is 5.48. The van der Waals surface area contributed by atoms with Gasteiger partial charge < -0.3 is 14.8 Å². The van der Waals surface area contributed by atoms with Crippen molar-refractivity contribution < 1.29 is 23.9 Å². The Kier molecular flexibility index (Phi) is 8.98. The van der Waals surface area contributed by atoms with Crippen molar-refractivity contribution in [2.75, 3.05) is 5.75 Å². The summed E-state index contributed by atoms with van der Waals surface area (Å²) in [7, 11) is 0. The molecule has 2 aliphatic heterocycles. The molecule has 1 unspecified atom stereocenters. The highest BCUT2D eigenvalue weighted by atomic mass is 32.2. The van der Waals surface area contributed by atoms with Crippen molar-refractivity contribution in [3.05, 3.63) is 113 Å². The van der Waals surface area contributed by atoms with Gasteiger partial charge in [0, 0.05) is 18.1 Å². The van der Waals surface area contributed by atoms with E-state index in [9.17, 15) is 14.4 Å². The molecule has 0 spiro atoms. The van der Waals surface area contributed by atoms with Gasteiger partial charge in [-0.25, -0.2) is 19.6 Å². The summed E-state index contributed by atoms with van der Waals surface area (Å²) in [6.07, 6.45) is 3.70. The van der Waals surface area contributed by atoms with Crippen LogP contribution >= 0.6 is 23.5 Å². The Balaban J connectivity index is 1.44. The molecule has 216 valence electrons. The first-order chi connectivity index (χ1) is 20.2. The molecule has 3 heterocycles. The number of β-lactam (4-membered cyclic amide) rings is 1. The van der Waals surface area contributed by atoms with E-state index < -0.39 is 41.1 Å². The molecule has 1 saturated heterocycles. The van der Waals surface area contributed by atoms with E-state index in [1.807, 2.05) is 60.7 Å². The van der Waals surface area contributed by atoms with Crippen LogP contribution in [0.25, 0.3) is 0 Å². The first-order valence-electron chi connectivity index (χ1n) is 13.3. The highest BCUT2D eigenvalue weighted by molar-refractivity contribution is 8.02. The van der Waals surface area contributed by atoms with E-state index in [0.717, 1.165) is 11.1 Å². The minimum Gasteiger partial charge on any atom is -0.448 e. The van der Waals surface area contributed by atoms with Crippen molar-refractivity contribution in [3.63, 3.8) is 0 Å². The standard InChI is InChI=1S/C31H30N4O5S2/c1-31(2,3)40-30(38)34-23-26(36)35-24(22(19-42-27(23)35)15-18-41-29-32-16-10-17-33-29)28(37)39-25(20-11-6-4-7-12-20)21-13-8-5-9-14-21/h4-18,23,25,27H,19H2,1-3H3,(H,34,38)/t23?,27-/m1/s1. The van der Waals surface area contributed by atoms with Gasteiger partial charge in [0.15, 0.2) is 11.3 Å². The maximum atomic E-state index is 14.0. The number of aromatic nitrogens is 2. The van der Waals surface area contributed by atoms with Gasteiger partial charge in [0.1, 0.15) is 22.7 Å². The van der Waals surface area contributed by atoms with Crippen LogP contribution in [0.15, 0.2) is 107 Å². The molecule has 1 aromatic heterocycles. The van der Waals surface area contributed by atoms with Crippen molar-refractivity contribution in [1.29, 1.82) is 0 Å². The molecular formula is C31H30N4O5S2. The number of alkyl carbamates (subject to hydrolysis) is 1. The van der Waals surface area contributed by atoms with Gasteiger partial charge in [-0.05, 0) is 55.0 Å². The summed E-state index contributed by atoms with van der Waals surface area (Å²) in [5.41, 5.74) is 1.65. The minimum absolute atomic E-state index is 0.147. The molecule has 0 radical (unpaired) electrons. The van der Waals surface area contributed by atoms with E-state index in [4.69, 9.17) is 9.47 Å². The Labute approximate surface area is 252 Å². The van der Waals surface area contributed by atoms with Crippen molar-refractivity contribution in [2.45, 2.75) is 49.0 Å². The Hall–Kier alpha value is -4.09. The maximum Gasteiger partial charge on any atom is 0.408 e. The Morgan fingerprint density at radius 2 is 1.64 bits per heavy atom. The zero-order valence-electron chi connectivity index (χ0n) is 23.3. The van der Waals surface area contributed by atoms with E-state index in [2.05, 4.69) is 15.3 Å². The fourth-order valence-electron chi connectivity index (χ4n) is 4.46. The zero-order chi connectivity index (χ0) is 29.7. The number of thioether (sulfide) groups is 2. The summed E-state index contributed by atoms with van der Waals surface area (Å²) in [5.74, 6) is -0.631. The van der Waals surface area contributed by atoms with Gasteiger partial charge in [0.25, 0.3) is 5.91 Å². The van der Waals surface area contributed by atoms with Crippen molar-refractivity contribution in [2.24, 2.45) is 0 Å². The topological polar surface area (TPSA) is 111 Å². The number of ether oxygens (including phenoxy) is 2. The van der Waals surface area contributed by atoms with Crippen LogP contribution in [-0.4, -0.2) is 55.6 Å². The fraction of sp³-hybridized carbons (Fsp3) is 0.258. The van der Waals surface area contributed by atoms with Gasteiger partial charge in [0.05, 0.1) is 0 Å². The van der Waals surface area contributed by atoms with E-state index in [1.54, 1.807) is 50.7 Å². The molecule has 0 saturated carbocycles. The monoisotopic (exact) mass is 602 g/mol. The number of esters is 1. The van der Waals surface area contributed by atoms with E-state index in [-0.39, 0.29) is 5.70 Å². The number of allylic oxidation sites excluding steroid dienone is 1. The summed E-state index contributed by atoms with van der Waals surface area (Å²) < 4.78 is 11.5. The van der Waals surface area contributed by atoms with Crippen LogP contribution in [0.3, 0.4) is 0 Å². The molecule has 1 N–H and O–H groups in total. The lowest BCUT2D eigenvalue weighted by molar-refractivity contribution is -0.153. The summed E-state index contributed by atoms with van der Waals surface area (Å²) in [4.78, 5) is 49.7. The molecule has 0 bridgehead atoms. The third kappa shape index (κ3) is 6.85. The number of carbonyl (C=O) groups excluding carboxylic acids is 3. The van der Waals surface area contributed by atoms with Crippen LogP contribution < -0.4 is 5.32 Å². The number of hydrogen-bond donors (Lipinski definition) is 1. The molecule has 42 heavy (non-hydrogen) atoms. The van der Waals surface area contributed by atoms with Crippen molar-refractivity contribution in [1.82, 2.24) is 20.2 Å². The molecule has 3 aromatic rings. The number of hydrogen-bond acceptors (Lipinski definition) is 9. The van der Waals surface area contributed by atoms with Gasteiger partial charge in [-0.1, -0.05) is 72.4 Å². The number of fused-ring (bicyclic) bond motifs is 1. The molecule has 1 fully saturated rings. The maximum absolute atomic E-state index is 14.0. The molecule has 9 nitrogen and oxygen atoms in total. The molecule has 11 heteroatoms. The van der Waals surface area contributed by atoms with E-state index in [0.29, 0.717) is 16.5 Å². The summed E-state index contributed by atoms with van der Waals surface area (Å²) >= 11 is 2.74. The Morgan fingerprint density at radius 1 is 1.02 bits per heavy atom. The highest BCUT2D eigenvalue weighted by Gasteiger charge is 2.54. The average Bonchev–Trinajstić information content (AvgIpc) is 2.98. The van der Waals surface area contributed by atoms with Crippen LogP contribution in [0.4, 0.5) is 4.79 Å². The third-order valence-corrected chi connectivity index (χ3v) is 8.27. The van der Waals surface area contributed by atoms with Crippen LogP contribution in [-0.2, 0) is 19.1 Å². The van der Waals surface area contributed by atoms with Crippen LogP contribution in [0.2, 0.25) is 0 Å². The normalized spacial score (nSPS) is 18.5. The van der Waals surface area contributed by atoms with Crippen molar-refractivity contribution in [3.8, 4) is 0 Å². The molecular weight excluding hydrogens is 572 g/mol. The molecule has 2 aromatic carbocycles. The average molecular weight is 603 g/mol. The number of rotatable bonds is 8. The Morgan fingerprint density at radius 3 is 2.24 bits per heavy atom. The Bertz CT molecular complexity index is 1450. The molecule has 2 atom stereocenters. The zero-order valence-corrected chi connectivity index (χ0v) is 24.9. The third-order valence-electron chi connectivity index (χ3n) is 6.28. The largest absolute Gasteiger partial charge is 0.448 e. The quantitative estimate of drug-likeness (QED) is 0.155. The lowest BCUT2D eigenvalue weighted by atomic mass is 10.0. The minimum atomic E-state index is -0.829. The number of carbonyl (C=O) groups is 3. The lowest BCUT2D eigenvalue weighted by Gasteiger charge is -2.49. The predicted molar refractivity (Wildman–Crippen MR) is 161 cm³/mol. The number of benzene rings is 2. The van der Waals surface area contributed by atoms with E-state index in [1.165, 1.54) is 28.4 Å². The van der Waals surface area contributed by atoms with Crippen molar-refractivity contribution >= 4 is 41.5 Å². The van der Waals surface area contributed by atoms with Crippen LogP contribution in [0.5, 0.6) is 0 Å². The molecule has 2 amide bonds. The van der Waals surface area contributed by atoms with Gasteiger partial charge in [0.2, 0.25) is 0 Å².